The summed E-state index contributed by atoms with van der Waals surface area (Å²) in [5.41, 5.74) is 0.717. The molecule has 0 atom stereocenters. The first-order valence-electron chi connectivity index (χ1n) is 5.82. The first kappa shape index (κ1) is 13.6. The highest BCUT2D eigenvalue weighted by molar-refractivity contribution is 5.97. The molecule has 0 unspecified atom stereocenters. The molecule has 2 amide bonds. The van der Waals surface area contributed by atoms with Crippen molar-refractivity contribution in [3.8, 4) is 0 Å². The molecule has 1 aromatic carbocycles. The Morgan fingerprint density at radius 1 is 1.05 bits per heavy atom. The van der Waals surface area contributed by atoms with Crippen LogP contribution in [0.3, 0.4) is 0 Å². The highest BCUT2D eigenvalue weighted by atomic mass is 19.4. The van der Waals surface area contributed by atoms with Crippen molar-refractivity contribution in [2.24, 2.45) is 5.92 Å². The average Bonchev–Trinajstić information content (AvgIpc) is 2.33. The molecule has 1 aliphatic heterocycles. The predicted octanol–water partition coefficient (Wildman–Crippen LogP) is 2.51. The Hall–Kier alpha value is -1.85. The van der Waals surface area contributed by atoms with Gasteiger partial charge in [0.25, 0.3) is 0 Å². The molecule has 0 saturated carbocycles. The summed E-state index contributed by atoms with van der Waals surface area (Å²) in [5, 5.41) is 0. The van der Waals surface area contributed by atoms with E-state index in [9.17, 15) is 22.8 Å². The van der Waals surface area contributed by atoms with Crippen LogP contribution < -0.4 is 0 Å². The van der Waals surface area contributed by atoms with Crippen molar-refractivity contribution in [3.05, 3.63) is 35.9 Å². The van der Waals surface area contributed by atoms with Crippen molar-refractivity contribution in [2.75, 3.05) is 0 Å². The molecule has 19 heavy (non-hydrogen) atoms. The van der Waals surface area contributed by atoms with Crippen LogP contribution in [0.5, 0.6) is 0 Å². The van der Waals surface area contributed by atoms with E-state index in [1.54, 1.807) is 30.3 Å². The number of halogens is 3. The Morgan fingerprint density at radius 2 is 1.58 bits per heavy atom. The third-order valence-corrected chi connectivity index (χ3v) is 3.09. The maximum Gasteiger partial charge on any atom is 0.392 e. The smallest absolute Gasteiger partial charge is 0.278 e. The lowest BCUT2D eigenvalue weighted by molar-refractivity contribution is -0.193. The molecule has 0 bridgehead atoms. The molecule has 1 fully saturated rings. The van der Waals surface area contributed by atoms with E-state index in [0.717, 1.165) is 10.5 Å². The Labute approximate surface area is 108 Å². The summed E-state index contributed by atoms with van der Waals surface area (Å²) in [6.07, 6.45) is -5.80. The largest absolute Gasteiger partial charge is 0.392 e. The van der Waals surface area contributed by atoms with Gasteiger partial charge in [0, 0.05) is 12.8 Å². The van der Waals surface area contributed by atoms with Crippen molar-refractivity contribution in [3.63, 3.8) is 0 Å². The fourth-order valence-corrected chi connectivity index (χ4v) is 2.03. The Balaban J connectivity index is 2.09. The van der Waals surface area contributed by atoms with E-state index in [1.807, 2.05) is 0 Å². The molecule has 2 rings (SSSR count). The van der Waals surface area contributed by atoms with Crippen molar-refractivity contribution >= 4 is 11.8 Å². The minimum atomic E-state index is -4.50. The summed E-state index contributed by atoms with van der Waals surface area (Å²) in [6.45, 7) is 0.0308. The first-order chi connectivity index (χ1) is 8.88. The van der Waals surface area contributed by atoms with Gasteiger partial charge in [0.05, 0.1) is 12.5 Å². The number of alkyl halides is 3. The molecular weight excluding hydrogens is 259 g/mol. The number of nitrogens with zero attached hydrogens (tertiary/aromatic N) is 1. The van der Waals surface area contributed by atoms with Crippen LogP contribution in [0.1, 0.15) is 18.4 Å². The third kappa shape index (κ3) is 3.13. The van der Waals surface area contributed by atoms with Gasteiger partial charge in [-0.25, -0.2) is 0 Å². The van der Waals surface area contributed by atoms with Crippen molar-refractivity contribution in [1.29, 1.82) is 0 Å². The second-order valence-corrected chi connectivity index (χ2v) is 4.51. The van der Waals surface area contributed by atoms with E-state index in [4.69, 9.17) is 0 Å². The lowest BCUT2D eigenvalue weighted by Crippen LogP contribution is -2.46. The number of amides is 2. The van der Waals surface area contributed by atoms with E-state index in [1.165, 1.54) is 0 Å². The predicted molar refractivity (Wildman–Crippen MR) is 60.8 cm³/mol. The monoisotopic (exact) mass is 271 g/mol. The van der Waals surface area contributed by atoms with Crippen LogP contribution in [0, 0.1) is 5.92 Å². The minimum Gasteiger partial charge on any atom is -0.278 e. The summed E-state index contributed by atoms with van der Waals surface area (Å²) in [4.78, 5) is 24.2. The Kier molecular flexibility index (Phi) is 3.59. The molecule has 1 heterocycles. The maximum absolute atomic E-state index is 12.5. The fourth-order valence-electron chi connectivity index (χ4n) is 2.03. The molecule has 3 nitrogen and oxygen atoms in total. The third-order valence-electron chi connectivity index (χ3n) is 3.09. The van der Waals surface area contributed by atoms with E-state index in [0.29, 0.717) is 0 Å². The van der Waals surface area contributed by atoms with Crippen LogP contribution in [0.15, 0.2) is 30.3 Å². The molecule has 6 heteroatoms. The van der Waals surface area contributed by atoms with Gasteiger partial charge in [-0.05, 0) is 5.56 Å². The molecule has 1 aromatic rings. The van der Waals surface area contributed by atoms with Gasteiger partial charge in [0.15, 0.2) is 0 Å². The van der Waals surface area contributed by atoms with Gasteiger partial charge in [0.1, 0.15) is 0 Å². The van der Waals surface area contributed by atoms with Crippen LogP contribution in [-0.4, -0.2) is 22.9 Å². The molecule has 0 spiro atoms. The molecule has 0 N–H and O–H groups in total. The van der Waals surface area contributed by atoms with E-state index in [-0.39, 0.29) is 6.54 Å². The molecule has 1 saturated heterocycles. The minimum absolute atomic E-state index is 0.0308. The van der Waals surface area contributed by atoms with Gasteiger partial charge in [-0.2, -0.15) is 13.2 Å². The summed E-state index contributed by atoms with van der Waals surface area (Å²) in [7, 11) is 0. The van der Waals surface area contributed by atoms with Gasteiger partial charge in [-0.15, -0.1) is 0 Å². The maximum atomic E-state index is 12.5. The Morgan fingerprint density at radius 3 is 2.05 bits per heavy atom. The highest BCUT2D eigenvalue weighted by Gasteiger charge is 2.46. The number of rotatable bonds is 2. The van der Waals surface area contributed by atoms with E-state index < -0.39 is 36.8 Å². The first-order valence-corrected chi connectivity index (χ1v) is 5.82. The zero-order valence-corrected chi connectivity index (χ0v) is 9.98. The van der Waals surface area contributed by atoms with Crippen molar-refractivity contribution < 1.29 is 22.8 Å². The second-order valence-electron chi connectivity index (χ2n) is 4.51. The second kappa shape index (κ2) is 5.03. The van der Waals surface area contributed by atoms with Gasteiger partial charge in [-0.1, -0.05) is 30.3 Å². The number of likely N-dealkylation sites (tertiary alicyclic amines) is 1. The van der Waals surface area contributed by atoms with E-state index >= 15 is 0 Å². The van der Waals surface area contributed by atoms with Crippen molar-refractivity contribution in [1.82, 2.24) is 4.90 Å². The molecular formula is C13H12F3NO2. The topological polar surface area (TPSA) is 37.4 Å². The van der Waals surface area contributed by atoms with Crippen LogP contribution >= 0.6 is 0 Å². The summed E-state index contributed by atoms with van der Waals surface area (Å²) < 4.78 is 37.6. The van der Waals surface area contributed by atoms with Crippen LogP contribution in [0.4, 0.5) is 13.2 Å². The van der Waals surface area contributed by atoms with Crippen molar-refractivity contribution in [2.45, 2.75) is 25.6 Å². The SMILES string of the molecule is O=C1CC(C(F)(F)F)CC(=O)N1Cc1ccccc1. The zero-order valence-electron chi connectivity index (χ0n) is 9.98. The number of hydrogen-bond donors (Lipinski definition) is 0. The zero-order chi connectivity index (χ0) is 14.0. The quantitative estimate of drug-likeness (QED) is 0.775. The van der Waals surface area contributed by atoms with Crippen LogP contribution in [0.25, 0.3) is 0 Å². The number of carbonyl (C=O) groups is 2. The van der Waals surface area contributed by atoms with Crippen LogP contribution in [0.2, 0.25) is 0 Å². The van der Waals surface area contributed by atoms with Gasteiger partial charge in [-0.3, -0.25) is 14.5 Å². The Bertz CT molecular complexity index is 466. The lowest BCUT2D eigenvalue weighted by Gasteiger charge is -2.31. The number of carbonyl (C=O) groups excluding carboxylic acids is 2. The van der Waals surface area contributed by atoms with Crippen LogP contribution in [-0.2, 0) is 16.1 Å². The average molecular weight is 271 g/mol. The summed E-state index contributed by atoms with van der Waals surface area (Å²) in [5.74, 6) is -3.37. The molecule has 0 radical (unpaired) electrons. The fraction of sp³-hybridized carbons (Fsp3) is 0.385. The number of imide groups is 1. The lowest BCUT2D eigenvalue weighted by atomic mass is 9.94. The van der Waals surface area contributed by atoms with Gasteiger partial charge in [0.2, 0.25) is 11.8 Å². The molecule has 0 aromatic heterocycles. The summed E-state index contributed by atoms with van der Waals surface area (Å²) >= 11 is 0. The number of piperidine rings is 1. The molecule has 0 aliphatic carbocycles. The standard InChI is InChI=1S/C13H12F3NO2/c14-13(15,16)10-6-11(18)17(12(19)7-10)8-9-4-2-1-3-5-9/h1-5,10H,6-8H2. The number of benzene rings is 1. The van der Waals surface area contributed by atoms with Gasteiger partial charge < -0.3 is 0 Å². The van der Waals surface area contributed by atoms with E-state index in [2.05, 4.69) is 0 Å². The molecule has 1 aliphatic rings. The summed E-state index contributed by atoms with van der Waals surface area (Å²) in [6, 6.07) is 8.70. The normalized spacial score (nSPS) is 17.9. The van der Waals surface area contributed by atoms with Gasteiger partial charge >= 0.3 is 6.18 Å². The number of hydrogen-bond acceptors (Lipinski definition) is 2. The highest BCUT2D eigenvalue weighted by Crippen LogP contribution is 2.35. The molecule has 102 valence electrons.